The summed E-state index contributed by atoms with van der Waals surface area (Å²) in [5, 5.41) is 5.64. The molecule has 0 aliphatic heterocycles. The van der Waals surface area contributed by atoms with E-state index in [4.69, 9.17) is 11.6 Å². The zero-order valence-corrected chi connectivity index (χ0v) is 14.3. The second-order valence-corrected chi connectivity index (χ2v) is 6.64. The van der Waals surface area contributed by atoms with E-state index in [9.17, 15) is 0 Å². The van der Waals surface area contributed by atoms with Crippen molar-refractivity contribution in [2.75, 3.05) is 10.7 Å². The van der Waals surface area contributed by atoms with Crippen molar-refractivity contribution in [2.45, 2.75) is 11.8 Å². The second kappa shape index (κ2) is 6.51. The third-order valence-corrected chi connectivity index (χ3v) is 6.19. The quantitative estimate of drug-likeness (QED) is 0.629. The Kier molecular flexibility index (Phi) is 5.24. The molecule has 1 aromatic carbocycles. The fourth-order valence-corrected chi connectivity index (χ4v) is 4.92. The first-order valence-electron chi connectivity index (χ1n) is 5.47. The summed E-state index contributed by atoms with van der Waals surface area (Å²) in [5.74, 6) is 0. The summed E-state index contributed by atoms with van der Waals surface area (Å²) in [4.78, 5) is 4.39. The second-order valence-electron chi connectivity index (χ2n) is 4.13. The van der Waals surface area contributed by atoms with Crippen LogP contribution in [0.4, 0.5) is 0 Å². The maximum atomic E-state index is 6.35. The molecule has 0 saturated heterocycles. The summed E-state index contributed by atoms with van der Waals surface area (Å²) in [6.07, 6.45) is 2.73. The zero-order chi connectivity index (χ0) is 13.0. The molecule has 2 aromatic rings. The minimum atomic E-state index is -0.0593. The van der Waals surface area contributed by atoms with Crippen molar-refractivity contribution in [3.63, 3.8) is 0 Å². The van der Waals surface area contributed by atoms with Crippen molar-refractivity contribution in [2.24, 2.45) is 0 Å². The smallest absolute Gasteiger partial charge is 0.0934 e. The minimum Gasteiger partial charge on any atom is -0.250 e. The number of hydrogen-bond donors (Lipinski definition) is 0. The Hall–Kier alpha value is 0.1000. The van der Waals surface area contributed by atoms with Gasteiger partial charge < -0.3 is 0 Å². The molecule has 0 aliphatic rings. The van der Waals surface area contributed by atoms with Crippen LogP contribution in [0.5, 0.6) is 0 Å². The first-order valence-corrected chi connectivity index (χ1v) is 8.97. The van der Waals surface area contributed by atoms with Gasteiger partial charge in [-0.2, -0.15) is 0 Å². The molecule has 0 spiro atoms. The maximum absolute atomic E-state index is 6.35. The van der Waals surface area contributed by atoms with Gasteiger partial charge in [0.2, 0.25) is 0 Å². The van der Waals surface area contributed by atoms with Crippen LogP contribution in [0.25, 0.3) is 0 Å². The van der Waals surface area contributed by atoms with E-state index < -0.39 is 0 Å². The molecule has 2 rings (SSSR count). The molecule has 0 unspecified atom stereocenters. The molecule has 1 nitrogen and oxygen atoms in total. The van der Waals surface area contributed by atoms with E-state index in [0.717, 1.165) is 32.7 Å². The van der Waals surface area contributed by atoms with E-state index in [-0.39, 0.29) is 5.41 Å². The fraction of sp³-hybridized carbons (Fsp3) is 0.308. The van der Waals surface area contributed by atoms with Crippen LogP contribution in [0, 0.1) is 0 Å². The lowest BCUT2D eigenvalue weighted by molar-refractivity contribution is 0.550. The lowest BCUT2D eigenvalue weighted by Crippen LogP contribution is -2.33. The van der Waals surface area contributed by atoms with E-state index in [1.165, 1.54) is 0 Å². The molecular weight excluding hydrogens is 397 g/mol. The van der Waals surface area contributed by atoms with Gasteiger partial charge in [-0.25, -0.2) is 4.98 Å². The highest BCUT2D eigenvalue weighted by atomic mass is 79.9. The van der Waals surface area contributed by atoms with Gasteiger partial charge in [0.1, 0.15) is 0 Å². The van der Waals surface area contributed by atoms with Gasteiger partial charge >= 0.3 is 0 Å². The van der Waals surface area contributed by atoms with Crippen molar-refractivity contribution in [1.82, 2.24) is 4.98 Å². The van der Waals surface area contributed by atoms with E-state index in [1.54, 1.807) is 11.3 Å². The lowest BCUT2D eigenvalue weighted by Gasteiger charge is -2.30. The largest absolute Gasteiger partial charge is 0.250 e. The van der Waals surface area contributed by atoms with Crippen LogP contribution < -0.4 is 0 Å². The molecule has 0 N–H and O–H groups in total. The van der Waals surface area contributed by atoms with Crippen LogP contribution in [0.15, 0.2) is 35.8 Å². The van der Waals surface area contributed by atoms with Gasteiger partial charge in [0.15, 0.2) is 0 Å². The first-order chi connectivity index (χ1) is 8.72. The molecule has 1 aromatic heterocycles. The van der Waals surface area contributed by atoms with E-state index in [2.05, 4.69) is 42.9 Å². The molecule has 0 fully saturated rings. The number of benzene rings is 1. The van der Waals surface area contributed by atoms with Gasteiger partial charge in [-0.3, -0.25) is 0 Å². The summed E-state index contributed by atoms with van der Waals surface area (Å²) in [7, 11) is 0. The molecule has 96 valence electrons. The summed E-state index contributed by atoms with van der Waals surface area (Å²) < 4.78 is 0. The number of aromatic nitrogens is 1. The van der Waals surface area contributed by atoms with Crippen LogP contribution in [0.1, 0.15) is 10.6 Å². The van der Waals surface area contributed by atoms with Crippen LogP contribution in [0.3, 0.4) is 0 Å². The van der Waals surface area contributed by atoms with Gasteiger partial charge in [0.25, 0.3) is 0 Å². The molecule has 18 heavy (non-hydrogen) atoms. The molecule has 0 atom stereocenters. The zero-order valence-electron chi connectivity index (χ0n) is 9.57. The van der Waals surface area contributed by atoms with Crippen molar-refractivity contribution in [1.29, 1.82) is 0 Å². The number of thiazole rings is 1. The molecule has 0 aliphatic carbocycles. The molecule has 0 amide bonds. The third kappa shape index (κ3) is 2.98. The Morgan fingerprint density at radius 3 is 2.50 bits per heavy atom. The molecular formula is C13H12Br2ClNS. The van der Waals surface area contributed by atoms with Crippen molar-refractivity contribution in [3.8, 4) is 0 Å². The highest BCUT2D eigenvalue weighted by molar-refractivity contribution is 9.09. The van der Waals surface area contributed by atoms with Crippen molar-refractivity contribution >= 4 is 54.8 Å². The summed E-state index contributed by atoms with van der Waals surface area (Å²) in [6.45, 7) is 0. The van der Waals surface area contributed by atoms with Crippen LogP contribution in [0.2, 0.25) is 5.02 Å². The van der Waals surface area contributed by atoms with Gasteiger partial charge in [0.05, 0.1) is 5.01 Å². The predicted molar refractivity (Wildman–Crippen MR) is 86.5 cm³/mol. The highest BCUT2D eigenvalue weighted by Crippen LogP contribution is 2.37. The SMILES string of the molecule is Clc1ccccc1C(CBr)(CBr)Cc1nccs1. The molecule has 0 saturated carbocycles. The van der Waals surface area contributed by atoms with Gasteiger partial charge in [0, 0.05) is 39.1 Å². The molecule has 0 bridgehead atoms. The number of rotatable bonds is 5. The average molecular weight is 410 g/mol. The monoisotopic (exact) mass is 407 g/mol. The Morgan fingerprint density at radius 2 is 1.94 bits per heavy atom. The Morgan fingerprint density at radius 1 is 1.22 bits per heavy atom. The average Bonchev–Trinajstić information content (AvgIpc) is 2.90. The number of halogens is 3. The minimum absolute atomic E-state index is 0.0593. The molecule has 5 heteroatoms. The fourth-order valence-electron chi connectivity index (χ4n) is 1.89. The highest BCUT2D eigenvalue weighted by Gasteiger charge is 2.33. The van der Waals surface area contributed by atoms with Crippen LogP contribution in [-0.2, 0) is 11.8 Å². The maximum Gasteiger partial charge on any atom is 0.0934 e. The van der Waals surface area contributed by atoms with Gasteiger partial charge in [-0.05, 0) is 11.6 Å². The third-order valence-electron chi connectivity index (χ3n) is 2.93. The normalized spacial score (nSPS) is 11.7. The summed E-state index contributed by atoms with van der Waals surface area (Å²) in [5.41, 5.74) is 1.10. The van der Waals surface area contributed by atoms with Crippen LogP contribution >= 0.6 is 54.8 Å². The van der Waals surface area contributed by atoms with E-state index >= 15 is 0 Å². The molecule has 0 radical (unpaired) electrons. The van der Waals surface area contributed by atoms with Crippen molar-refractivity contribution in [3.05, 3.63) is 51.4 Å². The van der Waals surface area contributed by atoms with Gasteiger partial charge in [-0.15, -0.1) is 11.3 Å². The summed E-state index contributed by atoms with van der Waals surface area (Å²) >= 11 is 15.3. The topological polar surface area (TPSA) is 12.9 Å². The van der Waals surface area contributed by atoms with E-state index in [1.807, 2.05) is 29.8 Å². The molecule has 1 heterocycles. The lowest BCUT2D eigenvalue weighted by atomic mass is 9.81. The number of hydrogen-bond acceptors (Lipinski definition) is 2. The van der Waals surface area contributed by atoms with E-state index in [0.29, 0.717) is 0 Å². The van der Waals surface area contributed by atoms with Crippen LogP contribution in [-0.4, -0.2) is 15.6 Å². The Labute approximate surface area is 133 Å². The van der Waals surface area contributed by atoms with Crippen molar-refractivity contribution < 1.29 is 0 Å². The first kappa shape index (κ1) is 14.5. The standard InChI is InChI=1S/C13H12Br2ClNS/c14-8-13(9-15,7-12-17-5-6-18-12)10-3-1-2-4-11(10)16/h1-6H,7-9H2. The Balaban J connectivity index is 2.40. The van der Waals surface area contributed by atoms with Gasteiger partial charge in [-0.1, -0.05) is 61.7 Å². The predicted octanol–water partition coefficient (Wildman–Crippen LogP) is 5.07. The number of alkyl halides is 2. The Bertz CT molecular complexity index is 497. The summed E-state index contributed by atoms with van der Waals surface area (Å²) in [6, 6.07) is 8.03. The number of nitrogens with zero attached hydrogens (tertiary/aromatic N) is 1.